The van der Waals surface area contributed by atoms with Crippen molar-refractivity contribution >= 4 is 14.5 Å². The lowest BCUT2D eigenvalue weighted by Gasteiger charge is -2.27. The second-order valence-corrected chi connectivity index (χ2v) is 9.43. The van der Waals surface area contributed by atoms with Gasteiger partial charge in [-0.15, -0.1) is 6.58 Å². The Morgan fingerprint density at radius 3 is 2.57 bits per heavy atom. The number of nitrogens with zero attached hydrogens (tertiary/aromatic N) is 1. The minimum absolute atomic E-state index is 0.114. The Bertz CT molecular complexity index is 512. The molecule has 21 heavy (non-hydrogen) atoms. The molecule has 1 aromatic rings. The van der Waals surface area contributed by atoms with Crippen molar-refractivity contribution in [3.8, 4) is 0 Å². The molecule has 0 saturated carbocycles. The standard InChI is InChI=1S/C16H24NO3Si/c1-6-7-13-10-15(17(18)19)9-8-14(13)11-20-12-16(2,3)21(4)5/h6,8-10H,1,7,11-12H2,2-5H3. The van der Waals surface area contributed by atoms with Crippen molar-refractivity contribution in [2.24, 2.45) is 0 Å². The largest absolute Gasteiger partial charge is 0.377 e. The Morgan fingerprint density at radius 1 is 1.38 bits per heavy atom. The first-order valence-electron chi connectivity index (χ1n) is 7.03. The van der Waals surface area contributed by atoms with Gasteiger partial charge in [0, 0.05) is 18.7 Å². The van der Waals surface area contributed by atoms with E-state index in [9.17, 15) is 10.1 Å². The molecule has 0 aliphatic rings. The molecule has 0 bridgehead atoms. The molecular formula is C16H24NO3Si. The zero-order chi connectivity index (χ0) is 16.0. The van der Waals surface area contributed by atoms with Crippen molar-refractivity contribution < 1.29 is 9.66 Å². The number of hydrogen-bond acceptors (Lipinski definition) is 3. The number of hydrogen-bond donors (Lipinski definition) is 0. The predicted molar refractivity (Wildman–Crippen MR) is 88.2 cm³/mol. The first kappa shape index (κ1) is 17.6. The second-order valence-electron chi connectivity index (χ2n) is 6.08. The van der Waals surface area contributed by atoms with Crippen LogP contribution in [0.25, 0.3) is 0 Å². The van der Waals surface area contributed by atoms with E-state index < -0.39 is 8.80 Å². The Morgan fingerprint density at radius 2 is 2.05 bits per heavy atom. The first-order valence-corrected chi connectivity index (χ1v) is 9.53. The normalized spacial score (nSPS) is 11.7. The van der Waals surface area contributed by atoms with E-state index >= 15 is 0 Å². The van der Waals surface area contributed by atoms with Crippen LogP contribution in [0.5, 0.6) is 0 Å². The van der Waals surface area contributed by atoms with Gasteiger partial charge in [0.05, 0.1) is 20.3 Å². The van der Waals surface area contributed by atoms with E-state index in [1.165, 1.54) is 6.07 Å². The van der Waals surface area contributed by atoms with Crippen LogP contribution in [0.4, 0.5) is 5.69 Å². The molecule has 0 unspecified atom stereocenters. The van der Waals surface area contributed by atoms with Crippen molar-refractivity contribution in [1.29, 1.82) is 0 Å². The van der Waals surface area contributed by atoms with Gasteiger partial charge in [-0.05, 0) is 28.7 Å². The lowest BCUT2D eigenvalue weighted by Crippen LogP contribution is -2.26. The molecule has 0 atom stereocenters. The SMILES string of the molecule is C=CCc1cc([N+](=O)[O-])ccc1COCC(C)(C)[Si](C)C. The quantitative estimate of drug-likeness (QED) is 0.310. The highest BCUT2D eigenvalue weighted by Gasteiger charge is 2.24. The topological polar surface area (TPSA) is 52.4 Å². The maximum atomic E-state index is 10.8. The van der Waals surface area contributed by atoms with Gasteiger partial charge in [-0.25, -0.2) is 0 Å². The molecule has 115 valence electrons. The van der Waals surface area contributed by atoms with Crippen LogP contribution in [0.3, 0.4) is 0 Å². The summed E-state index contributed by atoms with van der Waals surface area (Å²) in [6, 6.07) is 4.93. The van der Waals surface area contributed by atoms with Gasteiger partial charge in [0.1, 0.15) is 0 Å². The Kier molecular flexibility index (Phi) is 6.30. The van der Waals surface area contributed by atoms with Crippen LogP contribution in [0.15, 0.2) is 30.9 Å². The number of ether oxygens (including phenoxy) is 1. The molecule has 0 saturated heterocycles. The molecule has 0 aliphatic carbocycles. The molecule has 0 spiro atoms. The Balaban J connectivity index is 2.78. The van der Waals surface area contributed by atoms with E-state index in [1.807, 2.05) is 0 Å². The van der Waals surface area contributed by atoms with Crippen molar-refractivity contribution in [3.05, 3.63) is 52.1 Å². The van der Waals surface area contributed by atoms with E-state index in [0.717, 1.165) is 11.1 Å². The highest BCUT2D eigenvalue weighted by Crippen LogP contribution is 2.29. The average molecular weight is 306 g/mol. The van der Waals surface area contributed by atoms with E-state index in [-0.39, 0.29) is 15.6 Å². The van der Waals surface area contributed by atoms with Crippen LogP contribution in [-0.4, -0.2) is 20.3 Å². The molecule has 4 nitrogen and oxygen atoms in total. The fourth-order valence-electron chi connectivity index (χ4n) is 1.77. The van der Waals surface area contributed by atoms with Crippen LogP contribution < -0.4 is 0 Å². The molecule has 0 amide bonds. The highest BCUT2D eigenvalue weighted by molar-refractivity contribution is 6.59. The molecule has 0 heterocycles. The van der Waals surface area contributed by atoms with Crippen LogP contribution in [0.2, 0.25) is 18.1 Å². The summed E-state index contributed by atoms with van der Waals surface area (Å²) in [4.78, 5) is 10.5. The third kappa shape index (κ3) is 5.10. The van der Waals surface area contributed by atoms with Crippen molar-refractivity contribution in [2.75, 3.05) is 6.61 Å². The van der Waals surface area contributed by atoms with Crippen molar-refractivity contribution in [1.82, 2.24) is 0 Å². The van der Waals surface area contributed by atoms with Crippen LogP contribution in [-0.2, 0) is 17.8 Å². The summed E-state index contributed by atoms with van der Waals surface area (Å²) in [7, 11) is -0.433. The van der Waals surface area contributed by atoms with E-state index in [1.54, 1.807) is 18.2 Å². The molecule has 5 heteroatoms. The summed E-state index contributed by atoms with van der Waals surface area (Å²) >= 11 is 0. The average Bonchev–Trinajstić information content (AvgIpc) is 2.40. The molecule has 1 aromatic carbocycles. The molecule has 1 radical (unpaired) electrons. The molecular weight excluding hydrogens is 282 g/mol. The predicted octanol–water partition coefficient (Wildman–Crippen LogP) is 4.37. The number of non-ortho nitro benzene ring substituents is 1. The number of benzene rings is 1. The minimum Gasteiger partial charge on any atom is -0.377 e. The molecule has 0 fully saturated rings. The first-order chi connectivity index (χ1) is 9.77. The zero-order valence-corrected chi connectivity index (χ0v) is 14.3. The van der Waals surface area contributed by atoms with Crippen molar-refractivity contribution in [3.63, 3.8) is 0 Å². The Labute approximate surface area is 128 Å². The molecule has 0 N–H and O–H groups in total. The monoisotopic (exact) mass is 306 g/mol. The van der Waals surface area contributed by atoms with Gasteiger partial charge in [-0.3, -0.25) is 10.1 Å². The summed E-state index contributed by atoms with van der Waals surface area (Å²) in [6.45, 7) is 13.9. The van der Waals surface area contributed by atoms with Gasteiger partial charge < -0.3 is 4.74 Å². The van der Waals surface area contributed by atoms with Gasteiger partial charge in [-0.2, -0.15) is 0 Å². The minimum atomic E-state index is -0.433. The van der Waals surface area contributed by atoms with E-state index in [4.69, 9.17) is 4.74 Å². The summed E-state index contributed by atoms with van der Waals surface area (Å²) in [6.07, 6.45) is 2.37. The van der Waals surface area contributed by atoms with Crippen molar-refractivity contribution in [2.45, 2.75) is 45.0 Å². The number of allylic oxidation sites excluding steroid dienone is 1. The smallest absolute Gasteiger partial charge is 0.269 e. The molecule has 0 aliphatic heterocycles. The van der Waals surface area contributed by atoms with Gasteiger partial charge in [-0.1, -0.05) is 33.0 Å². The molecule has 0 aromatic heterocycles. The number of nitro groups is 1. The lowest BCUT2D eigenvalue weighted by molar-refractivity contribution is -0.384. The van der Waals surface area contributed by atoms with Crippen LogP contribution in [0.1, 0.15) is 25.0 Å². The third-order valence-electron chi connectivity index (χ3n) is 3.84. The highest BCUT2D eigenvalue weighted by atomic mass is 28.3. The summed E-state index contributed by atoms with van der Waals surface area (Å²) < 4.78 is 5.85. The van der Waals surface area contributed by atoms with Gasteiger partial charge in [0.25, 0.3) is 5.69 Å². The number of rotatable bonds is 8. The Hall–Kier alpha value is -1.46. The maximum Gasteiger partial charge on any atom is 0.269 e. The lowest BCUT2D eigenvalue weighted by atomic mass is 10.0. The third-order valence-corrected chi connectivity index (χ3v) is 6.69. The second kappa shape index (κ2) is 7.52. The fraction of sp³-hybridized carbons (Fsp3) is 0.500. The van der Waals surface area contributed by atoms with Gasteiger partial charge in [0.15, 0.2) is 0 Å². The van der Waals surface area contributed by atoms with E-state index in [2.05, 4.69) is 33.5 Å². The molecule has 1 rings (SSSR count). The van der Waals surface area contributed by atoms with Gasteiger partial charge in [0.2, 0.25) is 0 Å². The van der Waals surface area contributed by atoms with Crippen LogP contribution >= 0.6 is 0 Å². The number of nitro benzene ring substituents is 1. The maximum absolute atomic E-state index is 10.8. The van der Waals surface area contributed by atoms with Crippen LogP contribution in [0, 0.1) is 10.1 Å². The van der Waals surface area contributed by atoms with Gasteiger partial charge >= 0.3 is 0 Å². The van der Waals surface area contributed by atoms with E-state index in [0.29, 0.717) is 19.6 Å². The summed E-state index contributed by atoms with van der Waals surface area (Å²) in [5, 5.41) is 11.1. The summed E-state index contributed by atoms with van der Waals surface area (Å²) in [5.41, 5.74) is 2.02. The fourth-order valence-corrected chi connectivity index (χ4v) is 2.16. The summed E-state index contributed by atoms with van der Waals surface area (Å²) in [5.74, 6) is 0. The zero-order valence-electron chi connectivity index (χ0n) is 13.3.